The molecule has 1 saturated carbocycles. The molecule has 0 amide bonds. The van der Waals surface area contributed by atoms with E-state index in [0.717, 1.165) is 97.9 Å². The molecule has 3 aliphatic heterocycles. The highest BCUT2D eigenvalue weighted by Crippen LogP contribution is 2.77. The van der Waals surface area contributed by atoms with E-state index in [1.54, 1.807) is 6.07 Å². The fourth-order valence-electron chi connectivity index (χ4n) is 13.1. The van der Waals surface area contributed by atoms with Gasteiger partial charge in [0.1, 0.15) is 17.3 Å². The van der Waals surface area contributed by atoms with Crippen molar-refractivity contribution >= 4 is 17.5 Å². The number of rotatable bonds is 9. The smallest absolute Gasteiger partial charge is 0.340 e. The molecule has 3 aromatic carbocycles. The maximum Gasteiger partial charge on any atom is 0.340 e. The molecular formula is C52H58N2O6. The van der Waals surface area contributed by atoms with Gasteiger partial charge in [0.15, 0.2) is 0 Å². The summed E-state index contributed by atoms with van der Waals surface area (Å²) in [5.41, 5.74) is 7.38. The topological polar surface area (TPSA) is 117 Å². The minimum Gasteiger partial charge on any atom is -0.508 e. The number of fused-ring (bicyclic) bond motifs is 5. The third kappa shape index (κ3) is 6.19. The van der Waals surface area contributed by atoms with E-state index in [-0.39, 0.29) is 54.0 Å². The van der Waals surface area contributed by atoms with Crippen molar-refractivity contribution in [3.8, 4) is 16.9 Å². The van der Waals surface area contributed by atoms with Crippen molar-refractivity contribution in [2.45, 2.75) is 83.6 Å². The maximum atomic E-state index is 15.0. The molecule has 0 radical (unpaired) electrons. The highest BCUT2D eigenvalue weighted by Gasteiger charge is 2.73. The van der Waals surface area contributed by atoms with Gasteiger partial charge in [-0.25, -0.2) is 9.59 Å². The van der Waals surface area contributed by atoms with Gasteiger partial charge in [-0.05, 0) is 184 Å². The highest BCUT2D eigenvalue weighted by molar-refractivity contribution is 6.08. The summed E-state index contributed by atoms with van der Waals surface area (Å²) in [6.45, 7) is 4.21. The van der Waals surface area contributed by atoms with E-state index < -0.39 is 10.8 Å². The Labute approximate surface area is 353 Å². The predicted octanol–water partition coefficient (Wildman–Crippen LogP) is 9.12. The van der Waals surface area contributed by atoms with Crippen molar-refractivity contribution in [3.05, 3.63) is 130 Å². The van der Waals surface area contributed by atoms with Gasteiger partial charge in [-0.3, -0.25) is 0 Å². The second-order valence-corrected chi connectivity index (χ2v) is 18.6. The minimum atomic E-state index is -0.895. The number of hydrogen-bond donors (Lipinski definition) is 4. The third-order valence-corrected chi connectivity index (χ3v) is 16.0. The van der Waals surface area contributed by atoms with Crippen molar-refractivity contribution in [2.24, 2.45) is 40.4 Å². The average molecular weight is 807 g/mol. The molecular weight excluding hydrogens is 749 g/mol. The fraction of sp³-hybridized carbons (Fsp3) is 0.462. The lowest BCUT2D eigenvalue weighted by atomic mass is 9.37. The summed E-state index contributed by atoms with van der Waals surface area (Å²) in [6.07, 6.45) is 13.4. The zero-order valence-corrected chi connectivity index (χ0v) is 35.0. The van der Waals surface area contributed by atoms with E-state index in [9.17, 15) is 15.0 Å². The molecule has 0 unspecified atom stereocenters. The van der Waals surface area contributed by atoms with E-state index in [1.807, 2.05) is 25.2 Å². The molecule has 0 aromatic heterocycles. The number of ether oxygens (including phenoxy) is 2. The molecule has 5 aliphatic carbocycles. The van der Waals surface area contributed by atoms with Gasteiger partial charge in [0, 0.05) is 29.7 Å². The molecule has 60 heavy (non-hydrogen) atoms. The van der Waals surface area contributed by atoms with Gasteiger partial charge in [-0.1, -0.05) is 61.5 Å². The number of aromatic hydroxyl groups is 1. The normalized spacial score (nSPS) is 30.6. The first kappa shape index (κ1) is 39.4. The van der Waals surface area contributed by atoms with Crippen LogP contribution in [-0.2, 0) is 25.5 Å². The van der Waals surface area contributed by atoms with Gasteiger partial charge in [0.05, 0.1) is 11.0 Å². The van der Waals surface area contributed by atoms with Gasteiger partial charge < -0.3 is 30.3 Å². The lowest BCUT2D eigenvalue weighted by Gasteiger charge is -2.63. The van der Waals surface area contributed by atoms with Crippen LogP contribution in [0.2, 0.25) is 0 Å². The summed E-state index contributed by atoms with van der Waals surface area (Å²) in [5, 5.41) is 28.9. The van der Waals surface area contributed by atoms with Crippen LogP contribution in [0.5, 0.6) is 5.75 Å². The van der Waals surface area contributed by atoms with Crippen LogP contribution in [0, 0.1) is 40.4 Å². The van der Waals surface area contributed by atoms with Crippen molar-refractivity contribution in [1.82, 2.24) is 10.6 Å². The molecule has 7 atom stereocenters. The Morgan fingerprint density at radius 2 is 1.73 bits per heavy atom. The number of piperidine rings is 1. The van der Waals surface area contributed by atoms with Crippen molar-refractivity contribution in [2.75, 3.05) is 26.7 Å². The molecule has 8 nitrogen and oxygen atoms in total. The summed E-state index contributed by atoms with van der Waals surface area (Å²) in [5.74, 6) is 1.07. The molecule has 3 fully saturated rings. The van der Waals surface area contributed by atoms with E-state index in [2.05, 4.69) is 78.2 Å². The van der Waals surface area contributed by atoms with E-state index in [4.69, 9.17) is 9.47 Å². The van der Waals surface area contributed by atoms with Crippen molar-refractivity contribution < 1.29 is 29.3 Å². The molecule has 3 heterocycles. The molecule has 8 heteroatoms. The number of aliphatic hydroxyl groups excluding tert-OH is 1. The number of esters is 2. The summed E-state index contributed by atoms with van der Waals surface area (Å²) >= 11 is 0. The summed E-state index contributed by atoms with van der Waals surface area (Å²) < 4.78 is 13.1. The number of aliphatic hydroxyl groups is 1. The largest absolute Gasteiger partial charge is 0.508 e. The van der Waals surface area contributed by atoms with Gasteiger partial charge in [-0.2, -0.15) is 0 Å². The first-order chi connectivity index (χ1) is 29.3. The molecule has 11 rings (SSSR count). The van der Waals surface area contributed by atoms with E-state index in [0.29, 0.717) is 42.3 Å². The first-order valence-electron chi connectivity index (χ1n) is 22.6. The number of carbonyl (C=O) groups is 2. The Balaban J connectivity index is 1.20. The van der Waals surface area contributed by atoms with Crippen molar-refractivity contribution in [1.29, 1.82) is 0 Å². The highest BCUT2D eigenvalue weighted by atomic mass is 16.5. The Morgan fingerprint density at radius 1 is 0.900 bits per heavy atom. The van der Waals surface area contributed by atoms with Crippen LogP contribution in [0.3, 0.4) is 0 Å². The number of cyclic esters (lactones) is 2. The number of phenols is 1. The van der Waals surface area contributed by atoms with Crippen LogP contribution in [0.25, 0.3) is 16.7 Å². The molecule has 4 N–H and O–H groups in total. The Morgan fingerprint density at radius 3 is 2.52 bits per heavy atom. The minimum absolute atomic E-state index is 0.0549. The molecule has 2 saturated heterocycles. The number of hydrogen-bond acceptors (Lipinski definition) is 8. The number of nitrogens with one attached hydrogen (secondary N) is 2. The number of allylic oxidation sites excluding steroid dienone is 5. The number of carbonyl (C=O) groups excluding carboxylic acids is 2. The van der Waals surface area contributed by atoms with Crippen molar-refractivity contribution in [3.63, 3.8) is 0 Å². The summed E-state index contributed by atoms with van der Waals surface area (Å²) in [4.78, 5) is 29.9. The average Bonchev–Trinajstić information content (AvgIpc) is 3.75. The SMILES string of the molecule is CC[C@H](C=C1OC(=O)C2=C3c4cc(O)ccc4-c4cccc(c4)[C@H](NC)CC[C@]45CCC6=C(C(=O)OC6=CC[C@H](CO)C6CCNCC6)[C@@H]4[C@@]12CC[C@H]35)Cc1ccccc1. The number of phenolic OH excluding ortho intramolecular Hbond substituents is 1. The molecule has 312 valence electrons. The van der Waals surface area contributed by atoms with Gasteiger partial charge in [0.2, 0.25) is 0 Å². The number of benzene rings is 3. The molecule has 6 bridgehead atoms. The summed E-state index contributed by atoms with van der Waals surface area (Å²) in [7, 11) is 2.03. The molecule has 8 aliphatic rings. The Hall–Kier alpha value is -4.76. The zero-order chi connectivity index (χ0) is 41.2. The second kappa shape index (κ2) is 15.6. The maximum absolute atomic E-state index is 15.0. The van der Waals surface area contributed by atoms with Crippen LogP contribution >= 0.6 is 0 Å². The van der Waals surface area contributed by atoms with Crippen LogP contribution in [0.1, 0.15) is 93.9 Å². The van der Waals surface area contributed by atoms with Crippen LogP contribution < -0.4 is 10.6 Å². The van der Waals surface area contributed by atoms with Crippen LogP contribution in [0.15, 0.2) is 113 Å². The van der Waals surface area contributed by atoms with Crippen LogP contribution in [-0.4, -0.2) is 48.9 Å². The lowest BCUT2D eigenvalue weighted by Crippen LogP contribution is -2.59. The van der Waals surface area contributed by atoms with Gasteiger partial charge in [0.25, 0.3) is 0 Å². The predicted molar refractivity (Wildman–Crippen MR) is 232 cm³/mol. The van der Waals surface area contributed by atoms with Crippen LogP contribution in [0.4, 0.5) is 0 Å². The Kier molecular flexibility index (Phi) is 10.2. The standard InChI is InChI=1S/C52H58N2O6/c1-3-31(26-32-8-5-4-6-9-32)27-44-52-23-17-41-45(47(52)50(58)60-44)40-29-37(56)13-14-38(40)34-10-7-11-35(28-34)42(53-2)18-22-51(41)21-16-39-43(59-49(57)46(39)48(51)52)15-12-36(30-55)33-19-24-54-25-20-33/h4-11,13-15,27-29,31,33,36,41-42,48,53-56H,3,12,16-26,30H2,1-2H3/t31-,36+,41+,42+,48-,51-,52-/m0/s1. The first-order valence-corrected chi connectivity index (χ1v) is 22.6. The third-order valence-electron chi connectivity index (χ3n) is 16.0. The molecule has 2 spiro atoms. The van der Waals surface area contributed by atoms with E-state index in [1.165, 1.54) is 11.1 Å². The summed E-state index contributed by atoms with van der Waals surface area (Å²) in [6, 6.07) is 24.9. The lowest BCUT2D eigenvalue weighted by molar-refractivity contribution is -0.136. The second-order valence-electron chi connectivity index (χ2n) is 18.6. The van der Waals surface area contributed by atoms with Gasteiger partial charge >= 0.3 is 11.9 Å². The fourth-order valence-corrected chi connectivity index (χ4v) is 13.1. The quantitative estimate of drug-likeness (QED) is 0.158. The van der Waals surface area contributed by atoms with E-state index >= 15 is 4.79 Å². The zero-order valence-electron chi connectivity index (χ0n) is 35.0. The Bertz CT molecular complexity index is 2340. The monoisotopic (exact) mass is 806 g/mol. The molecule has 3 aromatic rings. The van der Waals surface area contributed by atoms with Gasteiger partial charge in [-0.15, -0.1) is 0 Å².